The fourth-order valence-electron chi connectivity index (χ4n) is 1.57. The van der Waals surface area contributed by atoms with Crippen molar-refractivity contribution in [3.63, 3.8) is 0 Å². The molecule has 0 amide bonds. The van der Waals surface area contributed by atoms with Crippen molar-refractivity contribution in [1.82, 2.24) is 0 Å². The van der Waals surface area contributed by atoms with E-state index in [1.165, 1.54) is 43.2 Å². The molecule has 1 aromatic carbocycles. The Labute approximate surface area is 88.4 Å². The summed E-state index contributed by atoms with van der Waals surface area (Å²) in [5.74, 6) is 0. The number of aryl methyl sites for hydroxylation is 1. The maximum absolute atomic E-state index is 2.33. The van der Waals surface area contributed by atoms with Crippen LogP contribution in [0.25, 0.3) is 0 Å². The van der Waals surface area contributed by atoms with Crippen LogP contribution in [0.3, 0.4) is 0 Å². The largest absolute Gasteiger partial charge is 0.0654 e. The fraction of sp³-hybridized carbons (Fsp3) is 0.500. The second-order valence-corrected chi connectivity index (χ2v) is 3.84. The highest BCUT2D eigenvalue weighted by Crippen LogP contribution is 2.12. The molecule has 14 heavy (non-hydrogen) atoms. The molecule has 0 atom stereocenters. The minimum atomic E-state index is 1.19. The summed E-state index contributed by atoms with van der Waals surface area (Å²) in [5, 5.41) is 0. The topological polar surface area (TPSA) is 0 Å². The lowest BCUT2D eigenvalue weighted by atomic mass is 10.0. The van der Waals surface area contributed by atoms with Gasteiger partial charge in [-0.3, -0.25) is 0 Å². The average molecular weight is 189 g/mol. The van der Waals surface area contributed by atoms with Gasteiger partial charge in [-0.2, -0.15) is 0 Å². The summed E-state index contributed by atoms with van der Waals surface area (Å²) in [6, 6.07) is 8.93. The number of hydrogen-bond donors (Lipinski definition) is 0. The quantitative estimate of drug-likeness (QED) is 0.623. The Morgan fingerprint density at radius 3 is 2.71 bits per heavy atom. The average Bonchev–Trinajstić information content (AvgIpc) is 2.24. The first-order valence-corrected chi connectivity index (χ1v) is 5.79. The van der Waals surface area contributed by atoms with Gasteiger partial charge in [-0.15, -0.1) is 0 Å². The van der Waals surface area contributed by atoms with E-state index in [0.29, 0.717) is 0 Å². The molecule has 0 unspecified atom stereocenters. The van der Waals surface area contributed by atoms with Gasteiger partial charge in [0.05, 0.1) is 0 Å². The number of hydrogen-bond acceptors (Lipinski definition) is 0. The van der Waals surface area contributed by atoms with Gasteiger partial charge in [0.25, 0.3) is 0 Å². The van der Waals surface area contributed by atoms with Crippen LogP contribution < -0.4 is 0 Å². The number of benzene rings is 1. The van der Waals surface area contributed by atoms with Crippen LogP contribution in [0.4, 0.5) is 0 Å². The van der Waals surface area contributed by atoms with Crippen molar-refractivity contribution in [1.29, 1.82) is 0 Å². The lowest BCUT2D eigenvalue weighted by Crippen LogP contribution is -1.87. The zero-order chi connectivity index (χ0) is 10.2. The van der Waals surface area contributed by atoms with E-state index in [-0.39, 0.29) is 0 Å². The van der Waals surface area contributed by atoms with Crippen molar-refractivity contribution in [2.75, 3.05) is 0 Å². The lowest BCUT2D eigenvalue weighted by molar-refractivity contribution is 0.794. The van der Waals surface area contributed by atoms with E-state index in [9.17, 15) is 0 Å². The van der Waals surface area contributed by atoms with Gasteiger partial charge in [0, 0.05) is 0 Å². The Morgan fingerprint density at radius 2 is 2.00 bits per heavy atom. The Kier molecular flexibility index (Phi) is 5.36. The van der Waals surface area contributed by atoms with Gasteiger partial charge < -0.3 is 0 Å². The molecule has 0 heterocycles. The molecule has 0 aliphatic carbocycles. The van der Waals surface area contributed by atoms with E-state index in [1.54, 1.807) is 0 Å². The first kappa shape index (κ1) is 11.3. The molecule has 77 valence electrons. The van der Waals surface area contributed by atoms with Crippen molar-refractivity contribution < 1.29 is 0 Å². The van der Waals surface area contributed by atoms with E-state index in [4.69, 9.17) is 0 Å². The van der Waals surface area contributed by atoms with Gasteiger partial charge in [0.2, 0.25) is 0 Å². The standard InChI is InChI=1S/C14H21/c1-3-5-8-13-10-7-11-14(12-13)9-6-4-2/h7-8,10-12H,3-6,9H2,1-2H3. The molecule has 0 heteroatoms. The van der Waals surface area contributed by atoms with Crippen LogP contribution in [-0.4, -0.2) is 0 Å². The van der Waals surface area contributed by atoms with Crippen LogP contribution in [0.1, 0.15) is 50.7 Å². The van der Waals surface area contributed by atoms with Gasteiger partial charge >= 0.3 is 0 Å². The highest BCUT2D eigenvalue weighted by Gasteiger charge is 1.95. The molecule has 0 nitrogen and oxygen atoms in total. The summed E-state index contributed by atoms with van der Waals surface area (Å²) >= 11 is 0. The first-order valence-electron chi connectivity index (χ1n) is 5.79. The summed E-state index contributed by atoms with van der Waals surface area (Å²) < 4.78 is 0. The highest BCUT2D eigenvalue weighted by molar-refractivity contribution is 5.28. The molecule has 0 aliphatic rings. The molecule has 0 fully saturated rings. The summed E-state index contributed by atoms with van der Waals surface area (Å²) in [4.78, 5) is 0. The third-order valence-corrected chi connectivity index (χ3v) is 2.44. The molecule has 0 N–H and O–H groups in total. The van der Waals surface area contributed by atoms with Gasteiger partial charge in [-0.1, -0.05) is 51.0 Å². The monoisotopic (exact) mass is 189 g/mol. The molecule has 0 saturated carbocycles. The van der Waals surface area contributed by atoms with E-state index in [1.807, 2.05) is 0 Å². The third kappa shape index (κ3) is 3.95. The number of unbranched alkanes of at least 4 members (excludes halogenated alkanes) is 2. The zero-order valence-corrected chi connectivity index (χ0v) is 9.42. The number of rotatable bonds is 6. The van der Waals surface area contributed by atoms with Crippen LogP contribution in [-0.2, 0) is 6.42 Å². The van der Waals surface area contributed by atoms with Crippen LogP contribution in [0, 0.1) is 6.42 Å². The molecule has 0 aromatic heterocycles. The maximum atomic E-state index is 2.33. The molecular weight excluding hydrogens is 168 g/mol. The van der Waals surface area contributed by atoms with Crippen LogP contribution in [0.5, 0.6) is 0 Å². The van der Waals surface area contributed by atoms with Crippen molar-refractivity contribution in [2.45, 2.75) is 46.0 Å². The molecule has 1 aromatic rings. The Morgan fingerprint density at radius 1 is 1.14 bits per heavy atom. The third-order valence-electron chi connectivity index (χ3n) is 2.44. The fourth-order valence-corrected chi connectivity index (χ4v) is 1.57. The molecule has 0 spiro atoms. The van der Waals surface area contributed by atoms with Gasteiger partial charge in [0.1, 0.15) is 0 Å². The molecular formula is C14H21. The van der Waals surface area contributed by atoms with Crippen molar-refractivity contribution in [3.8, 4) is 0 Å². The van der Waals surface area contributed by atoms with Gasteiger partial charge in [0.15, 0.2) is 0 Å². The van der Waals surface area contributed by atoms with E-state index in [0.717, 1.165) is 0 Å². The normalized spacial score (nSPS) is 10.4. The zero-order valence-electron chi connectivity index (χ0n) is 9.42. The predicted octanol–water partition coefficient (Wildman–Crippen LogP) is 4.38. The summed E-state index contributed by atoms with van der Waals surface area (Å²) in [6.45, 7) is 4.46. The predicted molar refractivity (Wildman–Crippen MR) is 63.4 cm³/mol. The Bertz CT molecular complexity index is 227. The van der Waals surface area contributed by atoms with E-state index in [2.05, 4.69) is 44.5 Å². The van der Waals surface area contributed by atoms with E-state index < -0.39 is 0 Å². The highest BCUT2D eigenvalue weighted by atomic mass is 14.0. The second-order valence-electron chi connectivity index (χ2n) is 3.84. The minimum Gasteiger partial charge on any atom is -0.0654 e. The maximum Gasteiger partial charge on any atom is -0.00931 e. The van der Waals surface area contributed by atoms with Gasteiger partial charge in [-0.25, -0.2) is 0 Å². The Hall–Kier alpha value is -0.780. The van der Waals surface area contributed by atoms with Crippen molar-refractivity contribution in [3.05, 3.63) is 41.8 Å². The van der Waals surface area contributed by atoms with Gasteiger partial charge in [-0.05, 0) is 36.8 Å². The van der Waals surface area contributed by atoms with E-state index >= 15 is 0 Å². The van der Waals surface area contributed by atoms with Crippen LogP contribution >= 0.6 is 0 Å². The SMILES string of the molecule is CCC[CH]c1cccc(CCCC)c1. The van der Waals surface area contributed by atoms with Crippen molar-refractivity contribution >= 4 is 0 Å². The Balaban J connectivity index is 2.50. The molecule has 1 radical (unpaired) electrons. The molecule has 0 bridgehead atoms. The lowest BCUT2D eigenvalue weighted by Gasteiger charge is -2.03. The molecule has 1 rings (SSSR count). The van der Waals surface area contributed by atoms with Crippen LogP contribution in [0.2, 0.25) is 0 Å². The summed E-state index contributed by atoms with van der Waals surface area (Å²) in [5.41, 5.74) is 2.87. The second kappa shape index (κ2) is 6.64. The minimum absolute atomic E-state index is 1.19. The van der Waals surface area contributed by atoms with Crippen molar-refractivity contribution in [2.24, 2.45) is 0 Å². The molecule has 0 aliphatic heterocycles. The summed E-state index contributed by atoms with van der Waals surface area (Å²) in [6.07, 6.45) is 8.57. The first-order chi connectivity index (χ1) is 6.86. The smallest absolute Gasteiger partial charge is 0.00931 e. The molecule has 0 saturated heterocycles. The summed E-state index contributed by atoms with van der Waals surface area (Å²) in [7, 11) is 0. The van der Waals surface area contributed by atoms with Crippen LogP contribution in [0.15, 0.2) is 24.3 Å².